The fraction of sp³-hybridized carbons (Fsp3) is 0.882. The molecule has 2 aliphatic rings. The third-order valence-electron chi connectivity index (χ3n) is 5.23. The normalized spacial score (nSPS) is 23.3. The Labute approximate surface area is 134 Å². The number of amides is 2. The van der Waals surface area contributed by atoms with Crippen molar-refractivity contribution in [3.63, 3.8) is 0 Å². The van der Waals surface area contributed by atoms with Gasteiger partial charge in [-0.05, 0) is 45.4 Å². The van der Waals surface area contributed by atoms with Crippen LogP contribution >= 0.6 is 0 Å². The Morgan fingerprint density at radius 1 is 1.14 bits per heavy atom. The van der Waals surface area contributed by atoms with Gasteiger partial charge in [0.1, 0.15) is 0 Å². The van der Waals surface area contributed by atoms with Gasteiger partial charge in [-0.2, -0.15) is 0 Å². The lowest BCUT2D eigenvalue weighted by molar-refractivity contribution is -0.133. The van der Waals surface area contributed by atoms with Crippen LogP contribution in [0.1, 0.15) is 58.8 Å². The van der Waals surface area contributed by atoms with Crippen molar-refractivity contribution in [3.05, 3.63) is 0 Å². The summed E-state index contributed by atoms with van der Waals surface area (Å²) in [5.74, 6) is 0.985. The zero-order valence-corrected chi connectivity index (χ0v) is 14.0. The molecule has 22 heavy (non-hydrogen) atoms. The topological polar surface area (TPSA) is 75.4 Å². The molecule has 1 aliphatic carbocycles. The number of hydrogen-bond donors (Lipinski definition) is 2. The van der Waals surface area contributed by atoms with Gasteiger partial charge in [0.15, 0.2) is 0 Å². The maximum atomic E-state index is 12.3. The molecule has 1 saturated carbocycles. The Kier molecular flexibility index (Phi) is 6.24. The molecule has 5 nitrogen and oxygen atoms in total. The van der Waals surface area contributed by atoms with E-state index in [9.17, 15) is 9.59 Å². The molecule has 3 N–H and O–H groups in total. The van der Waals surface area contributed by atoms with Crippen LogP contribution < -0.4 is 11.1 Å². The first-order chi connectivity index (χ1) is 10.5. The molecule has 0 aromatic carbocycles. The molecular weight excluding hydrogens is 278 g/mol. The average molecular weight is 309 g/mol. The predicted octanol–water partition coefficient (Wildman–Crippen LogP) is 1.66. The van der Waals surface area contributed by atoms with Crippen LogP contribution in [0.25, 0.3) is 0 Å². The van der Waals surface area contributed by atoms with Crippen LogP contribution in [-0.2, 0) is 9.59 Å². The van der Waals surface area contributed by atoms with Gasteiger partial charge < -0.3 is 16.0 Å². The third-order valence-corrected chi connectivity index (χ3v) is 5.23. The van der Waals surface area contributed by atoms with Crippen molar-refractivity contribution in [2.24, 2.45) is 17.6 Å². The second-order valence-electron chi connectivity index (χ2n) is 7.17. The van der Waals surface area contributed by atoms with Crippen molar-refractivity contribution in [2.75, 3.05) is 13.1 Å². The van der Waals surface area contributed by atoms with Gasteiger partial charge in [-0.25, -0.2) is 0 Å². The zero-order valence-electron chi connectivity index (χ0n) is 14.0. The summed E-state index contributed by atoms with van der Waals surface area (Å²) >= 11 is 0. The number of likely N-dealkylation sites (tertiary alicyclic amines) is 1. The van der Waals surface area contributed by atoms with Crippen LogP contribution in [0.3, 0.4) is 0 Å². The van der Waals surface area contributed by atoms with Gasteiger partial charge in [-0.15, -0.1) is 0 Å². The van der Waals surface area contributed by atoms with E-state index in [1.165, 1.54) is 0 Å². The molecule has 0 spiro atoms. The minimum atomic E-state index is -0.0771. The standard InChI is InChI=1S/C17H31N3O2/c1-12(19-17(22)15-5-3-4-6-15)11-16(21)20-9-7-14(8-10-20)13(2)18/h12-15H,3-11,18H2,1-2H3,(H,19,22). The molecule has 126 valence electrons. The number of nitrogens with zero attached hydrogens (tertiary/aromatic N) is 1. The highest BCUT2D eigenvalue weighted by Gasteiger charge is 2.27. The second-order valence-corrected chi connectivity index (χ2v) is 7.17. The van der Waals surface area contributed by atoms with Crippen LogP contribution in [0.15, 0.2) is 0 Å². The van der Waals surface area contributed by atoms with Gasteiger partial charge in [-0.3, -0.25) is 9.59 Å². The third kappa shape index (κ3) is 4.70. The van der Waals surface area contributed by atoms with E-state index in [1.54, 1.807) is 0 Å². The van der Waals surface area contributed by atoms with E-state index in [0.29, 0.717) is 12.3 Å². The summed E-state index contributed by atoms with van der Waals surface area (Å²) in [4.78, 5) is 26.3. The molecule has 0 aromatic rings. The molecule has 5 heteroatoms. The van der Waals surface area contributed by atoms with Crippen LogP contribution in [0.4, 0.5) is 0 Å². The summed E-state index contributed by atoms with van der Waals surface area (Å²) in [6, 6.07) is 0.133. The summed E-state index contributed by atoms with van der Waals surface area (Å²) in [6.45, 7) is 5.57. The molecule has 2 rings (SSSR count). The molecule has 2 fully saturated rings. The minimum Gasteiger partial charge on any atom is -0.353 e. The van der Waals surface area contributed by atoms with Crippen LogP contribution in [0.2, 0.25) is 0 Å². The quantitative estimate of drug-likeness (QED) is 0.811. The number of nitrogens with one attached hydrogen (secondary N) is 1. The lowest BCUT2D eigenvalue weighted by Gasteiger charge is -2.34. The minimum absolute atomic E-state index is 0.0771. The van der Waals surface area contributed by atoms with Gasteiger partial charge in [0, 0.05) is 37.5 Å². The second kappa shape index (κ2) is 7.95. The molecule has 2 amide bonds. The van der Waals surface area contributed by atoms with Gasteiger partial charge in [0.25, 0.3) is 0 Å². The summed E-state index contributed by atoms with van der Waals surface area (Å²) in [6.07, 6.45) is 6.69. The van der Waals surface area contributed by atoms with Crippen LogP contribution in [0, 0.1) is 11.8 Å². The Balaban J connectivity index is 1.71. The van der Waals surface area contributed by atoms with Crippen LogP contribution in [-0.4, -0.2) is 41.9 Å². The molecular formula is C17H31N3O2. The fourth-order valence-corrected chi connectivity index (χ4v) is 3.67. The van der Waals surface area contributed by atoms with E-state index in [-0.39, 0.29) is 29.8 Å². The van der Waals surface area contributed by atoms with Gasteiger partial charge in [0.05, 0.1) is 0 Å². The molecule has 1 saturated heterocycles. The number of hydrogen-bond acceptors (Lipinski definition) is 3. The van der Waals surface area contributed by atoms with Gasteiger partial charge in [-0.1, -0.05) is 12.8 Å². The van der Waals surface area contributed by atoms with Crippen molar-refractivity contribution in [3.8, 4) is 0 Å². The maximum absolute atomic E-state index is 12.3. The Morgan fingerprint density at radius 2 is 1.73 bits per heavy atom. The highest BCUT2D eigenvalue weighted by molar-refractivity contribution is 5.81. The maximum Gasteiger partial charge on any atom is 0.224 e. The smallest absolute Gasteiger partial charge is 0.224 e. The molecule has 1 heterocycles. The average Bonchev–Trinajstić information content (AvgIpc) is 3.01. The molecule has 1 aliphatic heterocycles. The highest BCUT2D eigenvalue weighted by atomic mass is 16.2. The molecule has 2 atom stereocenters. The van der Waals surface area contributed by atoms with E-state index in [4.69, 9.17) is 5.73 Å². The predicted molar refractivity (Wildman–Crippen MR) is 87.1 cm³/mol. The van der Waals surface area contributed by atoms with Crippen LogP contribution in [0.5, 0.6) is 0 Å². The van der Waals surface area contributed by atoms with Crippen molar-refractivity contribution in [1.82, 2.24) is 10.2 Å². The molecule has 0 bridgehead atoms. The van der Waals surface area contributed by atoms with Gasteiger partial charge in [0.2, 0.25) is 11.8 Å². The van der Waals surface area contributed by atoms with E-state index < -0.39 is 0 Å². The SMILES string of the molecule is CC(CC(=O)N1CCC(C(C)N)CC1)NC(=O)C1CCCC1. The fourth-order valence-electron chi connectivity index (χ4n) is 3.67. The number of piperidine rings is 1. The Morgan fingerprint density at radius 3 is 2.27 bits per heavy atom. The van der Waals surface area contributed by atoms with Crippen molar-refractivity contribution in [1.29, 1.82) is 0 Å². The number of carbonyl (C=O) groups is 2. The number of nitrogens with two attached hydrogens (primary N) is 1. The first-order valence-corrected chi connectivity index (χ1v) is 8.81. The van der Waals surface area contributed by atoms with E-state index in [1.807, 2.05) is 18.7 Å². The Bertz CT molecular complexity index is 383. The van der Waals surface area contributed by atoms with Crippen molar-refractivity contribution < 1.29 is 9.59 Å². The largest absolute Gasteiger partial charge is 0.353 e. The molecule has 2 unspecified atom stereocenters. The van der Waals surface area contributed by atoms with Crippen molar-refractivity contribution in [2.45, 2.75) is 70.9 Å². The summed E-state index contributed by atoms with van der Waals surface area (Å²) < 4.78 is 0. The van der Waals surface area contributed by atoms with Crippen molar-refractivity contribution >= 4 is 11.8 Å². The summed E-state index contributed by atoms with van der Waals surface area (Å²) in [5.41, 5.74) is 5.93. The number of rotatable bonds is 5. The summed E-state index contributed by atoms with van der Waals surface area (Å²) in [5, 5.41) is 3.01. The first-order valence-electron chi connectivity index (χ1n) is 8.81. The number of carbonyl (C=O) groups excluding carboxylic acids is 2. The first kappa shape index (κ1) is 17.3. The molecule has 0 radical (unpaired) electrons. The van der Waals surface area contributed by atoms with E-state index in [2.05, 4.69) is 5.32 Å². The lowest BCUT2D eigenvalue weighted by atomic mass is 9.91. The zero-order chi connectivity index (χ0) is 16.1. The lowest BCUT2D eigenvalue weighted by Crippen LogP contribution is -2.45. The monoisotopic (exact) mass is 309 g/mol. The highest BCUT2D eigenvalue weighted by Crippen LogP contribution is 2.25. The summed E-state index contributed by atoms with van der Waals surface area (Å²) in [7, 11) is 0. The van der Waals surface area contributed by atoms with E-state index in [0.717, 1.165) is 51.6 Å². The Hall–Kier alpha value is -1.10. The van der Waals surface area contributed by atoms with E-state index >= 15 is 0 Å². The van der Waals surface area contributed by atoms with Gasteiger partial charge >= 0.3 is 0 Å². The molecule has 0 aromatic heterocycles.